The van der Waals surface area contributed by atoms with E-state index in [4.69, 9.17) is 0 Å². The van der Waals surface area contributed by atoms with Gasteiger partial charge < -0.3 is 9.55 Å². The second-order valence-corrected chi connectivity index (χ2v) is 5.65. The van der Waals surface area contributed by atoms with Gasteiger partial charge in [-0.25, -0.2) is 9.78 Å². The summed E-state index contributed by atoms with van der Waals surface area (Å²) in [6.45, 7) is 0.813. The molecule has 0 atom stereocenters. The predicted octanol–water partition coefficient (Wildman–Crippen LogP) is 2.39. The van der Waals surface area contributed by atoms with Gasteiger partial charge in [-0.05, 0) is 31.0 Å². The van der Waals surface area contributed by atoms with Crippen LogP contribution in [0.15, 0.2) is 46.5 Å². The molecule has 0 amide bonds. The van der Waals surface area contributed by atoms with Gasteiger partial charge in [0.1, 0.15) is 0 Å². The predicted molar refractivity (Wildman–Crippen MR) is 85.3 cm³/mol. The number of alkyl halides is 3. The van der Waals surface area contributed by atoms with Crippen molar-refractivity contribution in [2.24, 2.45) is 0 Å². The Labute approximate surface area is 139 Å². The van der Waals surface area contributed by atoms with Gasteiger partial charge in [0, 0.05) is 25.5 Å². The van der Waals surface area contributed by atoms with Crippen molar-refractivity contribution in [1.29, 1.82) is 0 Å². The molecule has 0 aliphatic rings. The highest BCUT2D eigenvalue weighted by molar-refractivity contribution is 5.78. The number of halogens is 3. The topological polar surface area (TPSA) is 72.7 Å². The molecular weight excluding hydrogens is 337 g/mol. The van der Waals surface area contributed by atoms with E-state index in [1.165, 1.54) is 0 Å². The number of hydrogen-bond donors (Lipinski definition) is 1. The number of nitrogens with zero attached hydrogens (tertiary/aromatic N) is 3. The number of hydrogen-bond acceptors (Lipinski definition) is 3. The fourth-order valence-electron chi connectivity index (χ4n) is 2.61. The molecule has 3 aromatic rings. The van der Waals surface area contributed by atoms with Gasteiger partial charge in [-0.1, -0.05) is 0 Å². The van der Waals surface area contributed by atoms with Crippen molar-refractivity contribution >= 4 is 10.9 Å². The molecule has 132 valence electrons. The third-order valence-electron chi connectivity index (χ3n) is 3.92. The first kappa shape index (κ1) is 17.0. The summed E-state index contributed by atoms with van der Waals surface area (Å²) < 4.78 is 41.3. The number of aryl methyl sites for hydroxylation is 1. The van der Waals surface area contributed by atoms with E-state index >= 15 is 0 Å². The molecule has 0 radical (unpaired) electrons. The molecule has 0 saturated carbocycles. The van der Waals surface area contributed by atoms with Gasteiger partial charge in [0.2, 0.25) is 0 Å². The summed E-state index contributed by atoms with van der Waals surface area (Å²) in [5.74, 6) is 0. The molecule has 0 saturated heterocycles. The standard InChI is InChI=1S/C16H15F3N4O2/c17-16(18,19)11-3-4-13-12(9-11)14(24)23(15(25)21-13)7-2-1-6-22-8-5-20-10-22/h3-5,8-10H,1-2,6-7H2,(H,21,25). The first-order valence-electron chi connectivity index (χ1n) is 7.66. The van der Waals surface area contributed by atoms with Crippen molar-refractivity contribution < 1.29 is 13.2 Å². The Bertz CT molecular complexity index is 987. The van der Waals surface area contributed by atoms with Crippen molar-refractivity contribution in [3.05, 3.63) is 63.3 Å². The third-order valence-corrected chi connectivity index (χ3v) is 3.92. The van der Waals surface area contributed by atoms with E-state index in [2.05, 4.69) is 9.97 Å². The van der Waals surface area contributed by atoms with Gasteiger partial charge in [0.05, 0.1) is 22.8 Å². The van der Waals surface area contributed by atoms with Crippen LogP contribution in [0.5, 0.6) is 0 Å². The van der Waals surface area contributed by atoms with E-state index < -0.39 is 23.0 Å². The van der Waals surface area contributed by atoms with Gasteiger partial charge in [-0.2, -0.15) is 13.2 Å². The fourth-order valence-corrected chi connectivity index (χ4v) is 2.61. The minimum atomic E-state index is -4.55. The lowest BCUT2D eigenvalue weighted by Crippen LogP contribution is -2.35. The average Bonchev–Trinajstić information content (AvgIpc) is 3.06. The Morgan fingerprint density at radius 3 is 2.56 bits per heavy atom. The zero-order valence-corrected chi connectivity index (χ0v) is 13.1. The number of unbranched alkanes of at least 4 members (excludes halogenated alkanes) is 1. The Morgan fingerprint density at radius 1 is 1.12 bits per heavy atom. The van der Waals surface area contributed by atoms with E-state index in [0.29, 0.717) is 19.4 Å². The maximum absolute atomic E-state index is 12.8. The highest BCUT2D eigenvalue weighted by Gasteiger charge is 2.30. The van der Waals surface area contributed by atoms with Crippen LogP contribution in [0.4, 0.5) is 13.2 Å². The number of imidazole rings is 1. The minimum Gasteiger partial charge on any atom is -0.337 e. The van der Waals surface area contributed by atoms with Crippen molar-refractivity contribution in [3.63, 3.8) is 0 Å². The van der Waals surface area contributed by atoms with Gasteiger partial charge in [-0.3, -0.25) is 9.36 Å². The van der Waals surface area contributed by atoms with Crippen molar-refractivity contribution in [1.82, 2.24) is 19.1 Å². The van der Waals surface area contributed by atoms with Crippen LogP contribution in [0.2, 0.25) is 0 Å². The summed E-state index contributed by atoms with van der Waals surface area (Å²) in [7, 11) is 0. The lowest BCUT2D eigenvalue weighted by atomic mass is 10.1. The van der Waals surface area contributed by atoms with E-state index in [0.717, 1.165) is 22.8 Å². The van der Waals surface area contributed by atoms with Gasteiger partial charge in [0.25, 0.3) is 5.56 Å². The zero-order valence-electron chi connectivity index (χ0n) is 13.1. The molecule has 0 unspecified atom stereocenters. The van der Waals surface area contributed by atoms with Crippen molar-refractivity contribution in [2.75, 3.05) is 0 Å². The smallest absolute Gasteiger partial charge is 0.337 e. The van der Waals surface area contributed by atoms with Crippen LogP contribution in [0.25, 0.3) is 10.9 Å². The van der Waals surface area contributed by atoms with Gasteiger partial charge in [0.15, 0.2) is 0 Å². The van der Waals surface area contributed by atoms with Crippen LogP contribution in [0.1, 0.15) is 18.4 Å². The molecule has 1 N–H and O–H groups in total. The van der Waals surface area contributed by atoms with Crippen LogP contribution in [-0.2, 0) is 19.3 Å². The number of fused-ring (bicyclic) bond motifs is 1. The first-order valence-corrected chi connectivity index (χ1v) is 7.66. The Kier molecular flexibility index (Phi) is 4.47. The molecule has 25 heavy (non-hydrogen) atoms. The number of H-pyrrole nitrogens is 1. The number of nitrogens with one attached hydrogen (secondary N) is 1. The third kappa shape index (κ3) is 3.65. The molecule has 2 heterocycles. The summed E-state index contributed by atoms with van der Waals surface area (Å²) in [5.41, 5.74) is -2.17. The molecule has 0 aliphatic carbocycles. The van der Waals surface area contributed by atoms with Crippen molar-refractivity contribution in [2.45, 2.75) is 32.1 Å². The zero-order chi connectivity index (χ0) is 18.0. The van der Waals surface area contributed by atoms with Crippen LogP contribution < -0.4 is 11.2 Å². The molecule has 1 aromatic carbocycles. The second-order valence-electron chi connectivity index (χ2n) is 5.65. The van der Waals surface area contributed by atoms with Gasteiger partial charge >= 0.3 is 11.9 Å². The van der Waals surface area contributed by atoms with Crippen LogP contribution in [-0.4, -0.2) is 19.1 Å². The molecule has 0 aliphatic heterocycles. The van der Waals surface area contributed by atoms with Crippen molar-refractivity contribution in [3.8, 4) is 0 Å². The fraction of sp³-hybridized carbons (Fsp3) is 0.312. The normalized spacial score (nSPS) is 12.0. The minimum absolute atomic E-state index is 0.0951. The molecule has 0 spiro atoms. The number of aromatic amines is 1. The highest BCUT2D eigenvalue weighted by atomic mass is 19.4. The van der Waals surface area contributed by atoms with E-state index in [1.54, 1.807) is 18.7 Å². The summed E-state index contributed by atoms with van der Waals surface area (Å²) in [6, 6.07) is 2.72. The Balaban J connectivity index is 1.84. The number of aromatic nitrogens is 4. The molecule has 0 fully saturated rings. The maximum Gasteiger partial charge on any atom is 0.416 e. The van der Waals surface area contributed by atoms with E-state index in [9.17, 15) is 22.8 Å². The molecule has 3 rings (SSSR count). The second kappa shape index (κ2) is 6.58. The quantitative estimate of drug-likeness (QED) is 0.717. The summed E-state index contributed by atoms with van der Waals surface area (Å²) in [5, 5.41) is -0.149. The van der Waals surface area contributed by atoms with Crippen LogP contribution in [0, 0.1) is 0 Å². The molecule has 9 heteroatoms. The Morgan fingerprint density at radius 2 is 1.88 bits per heavy atom. The van der Waals surface area contributed by atoms with Crippen LogP contribution in [0.3, 0.4) is 0 Å². The highest BCUT2D eigenvalue weighted by Crippen LogP contribution is 2.30. The summed E-state index contributed by atoms with van der Waals surface area (Å²) in [6.07, 6.45) is 1.79. The van der Waals surface area contributed by atoms with Crippen LogP contribution >= 0.6 is 0 Å². The maximum atomic E-state index is 12.8. The average molecular weight is 352 g/mol. The molecular formula is C16H15F3N4O2. The lowest BCUT2D eigenvalue weighted by Gasteiger charge is -2.09. The molecule has 2 aromatic heterocycles. The lowest BCUT2D eigenvalue weighted by molar-refractivity contribution is -0.137. The molecule has 6 nitrogen and oxygen atoms in total. The number of rotatable bonds is 5. The monoisotopic (exact) mass is 352 g/mol. The van der Waals surface area contributed by atoms with E-state index in [-0.39, 0.29) is 17.4 Å². The summed E-state index contributed by atoms with van der Waals surface area (Å²) in [4.78, 5) is 30.8. The van der Waals surface area contributed by atoms with Gasteiger partial charge in [-0.15, -0.1) is 0 Å². The Hall–Kier alpha value is -2.84. The number of benzene rings is 1. The van der Waals surface area contributed by atoms with E-state index in [1.807, 2.05) is 4.57 Å². The first-order chi connectivity index (χ1) is 11.9. The largest absolute Gasteiger partial charge is 0.416 e. The SMILES string of the molecule is O=c1[nH]c2ccc(C(F)(F)F)cc2c(=O)n1CCCCn1ccnc1. The summed E-state index contributed by atoms with van der Waals surface area (Å²) >= 11 is 0. The molecule has 0 bridgehead atoms.